The number of nitrogens with zero attached hydrogens (tertiary/aromatic N) is 6. The second kappa shape index (κ2) is 11.1. The van der Waals surface area contributed by atoms with Gasteiger partial charge in [0.25, 0.3) is 0 Å². The molecular formula is C32H40N6O4. The van der Waals surface area contributed by atoms with E-state index in [1.54, 1.807) is 7.11 Å². The van der Waals surface area contributed by atoms with Crippen molar-refractivity contribution in [2.45, 2.75) is 71.1 Å². The van der Waals surface area contributed by atoms with Crippen molar-refractivity contribution in [1.29, 1.82) is 0 Å². The van der Waals surface area contributed by atoms with Gasteiger partial charge in [-0.3, -0.25) is 4.68 Å². The van der Waals surface area contributed by atoms with Gasteiger partial charge in [0.05, 0.1) is 28.3 Å². The minimum Gasteiger partial charge on any atom is -0.466 e. The maximum Gasteiger partial charge on any atom is 0.410 e. The Morgan fingerprint density at radius 3 is 2.55 bits per heavy atom. The van der Waals surface area contributed by atoms with E-state index in [0.717, 1.165) is 83.3 Å². The van der Waals surface area contributed by atoms with Crippen LogP contribution in [-0.2, 0) is 16.5 Å². The Hall–Kier alpha value is -3.92. The lowest BCUT2D eigenvalue weighted by Gasteiger charge is -2.41. The van der Waals surface area contributed by atoms with E-state index in [9.17, 15) is 4.79 Å². The van der Waals surface area contributed by atoms with Crippen molar-refractivity contribution in [3.63, 3.8) is 0 Å². The number of fused-ring (bicyclic) bond motifs is 2. The summed E-state index contributed by atoms with van der Waals surface area (Å²) in [5.41, 5.74) is 4.64. The second-order valence-corrected chi connectivity index (χ2v) is 12.4. The SMILES string of the molecule is COCOc1c(-c2ccc3nc(N4CCC(N(C(=O)OC(C)(C)C)C5CCC5)C4)ccc3n2)cc2cn(C)nc2c1C. The molecule has 0 bridgehead atoms. The Bertz CT molecular complexity index is 1620. The topological polar surface area (TPSA) is 94.8 Å². The highest BCUT2D eigenvalue weighted by molar-refractivity contribution is 5.92. The minimum absolute atomic E-state index is 0.110. The van der Waals surface area contributed by atoms with E-state index in [1.807, 2.05) is 74.8 Å². The van der Waals surface area contributed by atoms with E-state index in [-0.39, 0.29) is 25.0 Å². The molecule has 222 valence electrons. The predicted octanol–water partition coefficient (Wildman–Crippen LogP) is 5.84. The minimum atomic E-state index is -0.512. The van der Waals surface area contributed by atoms with Gasteiger partial charge in [-0.2, -0.15) is 5.10 Å². The summed E-state index contributed by atoms with van der Waals surface area (Å²) in [7, 11) is 3.52. The Labute approximate surface area is 246 Å². The van der Waals surface area contributed by atoms with Crippen LogP contribution < -0.4 is 9.64 Å². The van der Waals surface area contributed by atoms with Crippen molar-refractivity contribution in [2.24, 2.45) is 7.05 Å². The molecule has 0 spiro atoms. The predicted molar refractivity (Wildman–Crippen MR) is 163 cm³/mol. The van der Waals surface area contributed by atoms with E-state index >= 15 is 0 Å². The summed E-state index contributed by atoms with van der Waals surface area (Å²) < 4.78 is 18.8. The zero-order valence-electron chi connectivity index (χ0n) is 25.4. The first-order valence-corrected chi connectivity index (χ1v) is 14.7. The van der Waals surface area contributed by atoms with Gasteiger partial charge in [0.2, 0.25) is 0 Å². The third kappa shape index (κ3) is 5.47. The average molecular weight is 573 g/mol. The number of carbonyl (C=O) groups is 1. The molecule has 1 aromatic carbocycles. The smallest absolute Gasteiger partial charge is 0.410 e. The molecule has 2 aliphatic rings. The van der Waals surface area contributed by atoms with Gasteiger partial charge in [0.15, 0.2) is 6.79 Å². The van der Waals surface area contributed by atoms with Crippen molar-refractivity contribution >= 4 is 33.8 Å². The number of carbonyl (C=O) groups excluding carboxylic acids is 1. The van der Waals surface area contributed by atoms with Crippen molar-refractivity contribution in [1.82, 2.24) is 24.6 Å². The first-order chi connectivity index (χ1) is 20.1. The average Bonchev–Trinajstić information content (AvgIpc) is 3.55. The molecule has 42 heavy (non-hydrogen) atoms. The zero-order valence-corrected chi connectivity index (χ0v) is 25.4. The van der Waals surface area contributed by atoms with E-state index in [0.29, 0.717) is 5.75 Å². The van der Waals surface area contributed by atoms with Crippen LogP contribution in [0, 0.1) is 6.92 Å². The highest BCUT2D eigenvalue weighted by Crippen LogP contribution is 2.38. The van der Waals surface area contributed by atoms with Gasteiger partial charge in [-0.1, -0.05) is 0 Å². The molecule has 1 saturated carbocycles. The van der Waals surface area contributed by atoms with Crippen LogP contribution in [0.25, 0.3) is 33.2 Å². The highest BCUT2D eigenvalue weighted by Gasteiger charge is 2.40. The Morgan fingerprint density at radius 2 is 1.83 bits per heavy atom. The fourth-order valence-electron chi connectivity index (χ4n) is 6.01. The number of anilines is 1. The van der Waals surface area contributed by atoms with E-state index < -0.39 is 5.60 Å². The number of ether oxygens (including phenoxy) is 3. The van der Waals surface area contributed by atoms with Crippen molar-refractivity contribution in [3.05, 3.63) is 42.1 Å². The molecule has 1 atom stereocenters. The molecular weight excluding hydrogens is 532 g/mol. The molecule has 1 unspecified atom stereocenters. The van der Waals surface area contributed by atoms with Gasteiger partial charge in [-0.25, -0.2) is 14.8 Å². The van der Waals surface area contributed by atoms with Gasteiger partial charge in [0, 0.05) is 56.0 Å². The lowest BCUT2D eigenvalue weighted by Crippen LogP contribution is -2.52. The number of aryl methyl sites for hydroxylation is 2. The van der Waals surface area contributed by atoms with Crippen LogP contribution in [-0.4, -0.2) is 75.4 Å². The van der Waals surface area contributed by atoms with Crippen LogP contribution in [0.15, 0.2) is 36.5 Å². The molecule has 2 fully saturated rings. The fraction of sp³-hybridized carbons (Fsp3) is 0.500. The molecule has 10 heteroatoms. The fourth-order valence-corrected chi connectivity index (χ4v) is 6.01. The number of pyridine rings is 2. The lowest BCUT2D eigenvalue weighted by atomic mass is 9.90. The summed E-state index contributed by atoms with van der Waals surface area (Å²) in [6.45, 7) is 9.50. The molecule has 4 aromatic rings. The Morgan fingerprint density at radius 1 is 1.07 bits per heavy atom. The van der Waals surface area contributed by atoms with Crippen LogP contribution >= 0.6 is 0 Å². The quantitative estimate of drug-likeness (QED) is 0.255. The monoisotopic (exact) mass is 572 g/mol. The summed E-state index contributed by atoms with van der Waals surface area (Å²) in [6.07, 6.45) is 5.95. The molecule has 1 amide bonds. The third-order valence-electron chi connectivity index (χ3n) is 8.18. The van der Waals surface area contributed by atoms with Gasteiger partial charge in [-0.15, -0.1) is 0 Å². The molecule has 0 N–H and O–H groups in total. The summed E-state index contributed by atoms with van der Waals surface area (Å²) in [6, 6.07) is 10.5. The molecule has 1 saturated heterocycles. The number of rotatable bonds is 7. The molecule has 10 nitrogen and oxygen atoms in total. The van der Waals surface area contributed by atoms with Gasteiger partial charge in [-0.05, 0) is 83.7 Å². The number of aromatic nitrogens is 4. The number of hydrogen-bond acceptors (Lipinski definition) is 8. The molecule has 1 aliphatic heterocycles. The van der Waals surface area contributed by atoms with Crippen LogP contribution in [0.3, 0.4) is 0 Å². The zero-order chi connectivity index (χ0) is 29.6. The summed E-state index contributed by atoms with van der Waals surface area (Å²) in [4.78, 5) is 27.4. The standard InChI is InChI=1S/C32H40N6O4/c1-20-29-21(17-36(5)35-29)16-24(30(20)41-19-40-6)25-10-11-27-26(33-25)12-13-28(34-27)37-15-14-23(18-37)38(22-8-7-9-22)31(39)42-32(2,3)4/h10-13,16-17,22-23H,7-9,14-15,18-19H2,1-6H3. The van der Waals surface area contributed by atoms with Crippen LogP contribution in [0.1, 0.15) is 52.0 Å². The number of benzene rings is 1. The van der Waals surface area contributed by atoms with E-state index in [4.69, 9.17) is 24.2 Å². The largest absolute Gasteiger partial charge is 0.466 e. The highest BCUT2D eigenvalue weighted by atomic mass is 16.7. The first-order valence-electron chi connectivity index (χ1n) is 14.7. The maximum absolute atomic E-state index is 13.2. The number of methoxy groups -OCH3 is 1. The summed E-state index contributed by atoms with van der Waals surface area (Å²) >= 11 is 0. The third-order valence-corrected chi connectivity index (χ3v) is 8.18. The Balaban J connectivity index is 1.26. The van der Waals surface area contributed by atoms with Gasteiger partial charge in [0.1, 0.15) is 17.2 Å². The van der Waals surface area contributed by atoms with Gasteiger partial charge < -0.3 is 24.0 Å². The van der Waals surface area contributed by atoms with Crippen LogP contribution in [0.5, 0.6) is 5.75 Å². The lowest BCUT2D eigenvalue weighted by molar-refractivity contribution is -0.00351. The molecule has 6 rings (SSSR count). The molecule has 4 heterocycles. The Kier molecular flexibility index (Phi) is 7.43. The molecule has 1 aliphatic carbocycles. The number of hydrogen-bond donors (Lipinski definition) is 0. The summed E-state index contributed by atoms with van der Waals surface area (Å²) in [5.74, 6) is 1.61. The van der Waals surface area contributed by atoms with E-state index in [2.05, 4.69) is 16.1 Å². The summed E-state index contributed by atoms with van der Waals surface area (Å²) in [5, 5.41) is 5.63. The molecule has 3 aromatic heterocycles. The number of amides is 1. The van der Waals surface area contributed by atoms with Crippen LogP contribution in [0.4, 0.5) is 10.6 Å². The van der Waals surface area contributed by atoms with Crippen molar-refractivity contribution in [3.8, 4) is 17.0 Å². The first kappa shape index (κ1) is 28.2. The molecule has 0 radical (unpaired) electrons. The van der Waals surface area contributed by atoms with Crippen molar-refractivity contribution < 1.29 is 19.0 Å². The van der Waals surface area contributed by atoms with Crippen molar-refractivity contribution in [2.75, 3.05) is 31.9 Å². The normalized spacial score (nSPS) is 17.6. The van der Waals surface area contributed by atoms with Gasteiger partial charge >= 0.3 is 6.09 Å². The van der Waals surface area contributed by atoms with E-state index in [1.165, 1.54) is 0 Å². The van der Waals surface area contributed by atoms with Crippen LogP contribution in [0.2, 0.25) is 0 Å². The second-order valence-electron chi connectivity index (χ2n) is 12.4. The maximum atomic E-state index is 13.2.